The van der Waals surface area contributed by atoms with Gasteiger partial charge in [0.15, 0.2) is 0 Å². The monoisotopic (exact) mass is 393 g/mol. The van der Waals surface area contributed by atoms with Crippen molar-refractivity contribution in [3.8, 4) is 0 Å². The van der Waals surface area contributed by atoms with E-state index >= 15 is 0 Å². The lowest BCUT2D eigenvalue weighted by molar-refractivity contribution is 0.0942. The molecule has 1 amide bonds. The second-order valence-electron chi connectivity index (χ2n) is 6.62. The summed E-state index contributed by atoms with van der Waals surface area (Å²) < 4.78 is 27.0. The molecule has 0 bridgehead atoms. The van der Waals surface area contributed by atoms with Gasteiger partial charge in [0, 0.05) is 23.0 Å². The lowest BCUT2D eigenvalue weighted by Crippen LogP contribution is -2.34. The molecule has 26 heavy (non-hydrogen) atoms. The summed E-state index contributed by atoms with van der Waals surface area (Å²) in [6, 6.07) is 10.2. The van der Waals surface area contributed by atoms with Gasteiger partial charge in [0.05, 0.1) is 10.9 Å². The third-order valence-corrected chi connectivity index (χ3v) is 6.79. The first-order chi connectivity index (χ1) is 12.4. The molecule has 1 atom stereocenters. The molecule has 2 aromatic rings. The number of rotatable bonds is 8. The summed E-state index contributed by atoms with van der Waals surface area (Å²) in [5.74, 6) is -0.215. The van der Waals surface area contributed by atoms with Crippen molar-refractivity contribution in [1.82, 2.24) is 14.9 Å². The second-order valence-corrected chi connectivity index (χ2v) is 9.32. The summed E-state index contributed by atoms with van der Waals surface area (Å²) >= 11 is 1.65. The minimum Gasteiger partial charge on any atom is -0.350 e. The Morgan fingerprint density at radius 1 is 1.23 bits per heavy atom. The molecule has 1 unspecified atom stereocenters. The summed E-state index contributed by atoms with van der Waals surface area (Å²) in [5, 5.41) is 4.95. The number of thiophene rings is 1. The van der Waals surface area contributed by atoms with Gasteiger partial charge >= 0.3 is 0 Å². The van der Waals surface area contributed by atoms with Crippen molar-refractivity contribution in [2.24, 2.45) is 0 Å². The summed E-state index contributed by atoms with van der Waals surface area (Å²) in [6.07, 6.45) is 1.77. The van der Waals surface area contributed by atoms with Crippen LogP contribution in [0.15, 0.2) is 46.7 Å². The van der Waals surface area contributed by atoms with Gasteiger partial charge in [-0.2, -0.15) is 0 Å². The molecule has 1 aliphatic rings. The average Bonchev–Trinajstić information content (AvgIpc) is 3.23. The number of carbonyl (C=O) groups is 1. The largest absolute Gasteiger partial charge is 0.350 e. The zero-order chi connectivity index (χ0) is 18.7. The fraction of sp³-hybridized carbons (Fsp3) is 0.389. The molecule has 1 aliphatic carbocycles. The van der Waals surface area contributed by atoms with E-state index in [-0.39, 0.29) is 22.9 Å². The molecule has 140 valence electrons. The highest BCUT2D eigenvalue weighted by atomic mass is 32.2. The van der Waals surface area contributed by atoms with Crippen molar-refractivity contribution in [3.63, 3.8) is 0 Å². The molecule has 2 N–H and O–H groups in total. The van der Waals surface area contributed by atoms with Crippen molar-refractivity contribution in [3.05, 3.63) is 52.2 Å². The van der Waals surface area contributed by atoms with Gasteiger partial charge < -0.3 is 10.2 Å². The summed E-state index contributed by atoms with van der Waals surface area (Å²) in [4.78, 5) is 15.8. The Labute approximate surface area is 158 Å². The maximum Gasteiger partial charge on any atom is 0.251 e. The first kappa shape index (κ1) is 19.0. The Morgan fingerprint density at radius 3 is 2.46 bits per heavy atom. The average molecular weight is 394 g/mol. The number of benzene rings is 1. The van der Waals surface area contributed by atoms with E-state index in [1.807, 2.05) is 31.6 Å². The van der Waals surface area contributed by atoms with Gasteiger partial charge in [0.2, 0.25) is 10.0 Å². The number of carbonyl (C=O) groups excluding carboxylic acids is 1. The van der Waals surface area contributed by atoms with Gasteiger partial charge in [-0.1, -0.05) is 6.07 Å². The third-order valence-electron chi connectivity index (χ3n) is 4.28. The van der Waals surface area contributed by atoms with Crippen molar-refractivity contribution in [1.29, 1.82) is 0 Å². The minimum atomic E-state index is -3.49. The molecule has 1 aromatic heterocycles. The summed E-state index contributed by atoms with van der Waals surface area (Å²) in [6.45, 7) is 0.482. The van der Waals surface area contributed by atoms with Gasteiger partial charge in [-0.05, 0) is 62.6 Å². The molecule has 1 saturated carbocycles. The van der Waals surface area contributed by atoms with Crippen LogP contribution < -0.4 is 10.0 Å². The molecule has 0 radical (unpaired) electrons. The standard InChI is InChI=1S/C18H23N3O3S2/c1-21(2)16(17-4-3-11-25-17)12-19-18(22)13-5-9-15(10-6-13)26(23,24)20-14-7-8-14/h3-6,9-11,14,16,20H,7-8,12H2,1-2H3,(H,19,22). The molecule has 8 heteroatoms. The summed E-state index contributed by atoms with van der Waals surface area (Å²) in [7, 11) is 0.457. The molecule has 6 nitrogen and oxygen atoms in total. The normalized spacial score (nSPS) is 15.8. The molecular formula is C18H23N3O3S2. The highest BCUT2D eigenvalue weighted by molar-refractivity contribution is 7.89. The van der Waals surface area contributed by atoms with E-state index in [1.165, 1.54) is 17.0 Å². The van der Waals surface area contributed by atoms with E-state index in [9.17, 15) is 13.2 Å². The van der Waals surface area contributed by atoms with Crippen LogP contribution >= 0.6 is 11.3 Å². The van der Waals surface area contributed by atoms with Crippen LogP contribution in [0.3, 0.4) is 0 Å². The van der Waals surface area contributed by atoms with Crippen molar-refractivity contribution >= 4 is 27.3 Å². The number of nitrogens with zero attached hydrogens (tertiary/aromatic N) is 1. The van der Waals surface area contributed by atoms with Crippen LogP contribution in [0.4, 0.5) is 0 Å². The van der Waals surface area contributed by atoms with Crippen LogP contribution in [0.2, 0.25) is 0 Å². The van der Waals surface area contributed by atoms with Gasteiger partial charge in [0.25, 0.3) is 5.91 Å². The highest BCUT2D eigenvalue weighted by Crippen LogP contribution is 2.23. The van der Waals surface area contributed by atoms with Crippen LogP contribution in [-0.2, 0) is 10.0 Å². The topological polar surface area (TPSA) is 78.5 Å². The summed E-state index contributed by atoms with van der Waals surface area (Å²) in [5.41, 5.74) is 0.444. The SMILES string of the molecule is CN(C)C(CNC(=O)c1ccc(S(=O)(=O)NC2CC2)cc1)c1cccs1. The maximum absolute atomic E-state index is 12.4. The van der Waals surface area contributed by atoms with Crippen LogP contribution in [0.5, 0.6) is 0 Å². The molecule has 1 heterocycles. The Balaban J connectivity index is 1.62. The van der Waals surface area contributed by atoms with Crippen LogP contribution in [0.25, 0.3) is 0 Å². The smallest absolute Gasteiger partial charge is 0.251 e. The van der Waals surface area contributed by atoms with Crippen molar-refractivity contribution < 1.29 is 13.2 Å². The fourth-order valence-corrected chi connectivity index (χ4v) is 4.81. The molecule has 0 aliphatic heterocycles. The first-order valence-corrected chi connectivity index (χ1v) is 10.8. The van der Waals surface area contributed by atoms with E-state index in [0.29, 0.717) is 12.1 Å². The van der Waals surface area contributed by atoms with Gasteiger partial charge in [0.1, 0.15) is 0 Å². The Hall–Kier alpha value is -1.74. The minimum absolute atomic E-state index is 0.0585. The number of sulfonamides is 1. The first-order valence-electron chi connectivity index (χ1n) is 8.47. The van der Waals surface area contributed by atoms with Gasteiger partial charge in [-0.15, -0.1) is 11.3 Å². The zero-order valence-corrected chi connectivity index (χ0v) is 16.4. The van der Waals surface area contributed by atoms with Crippen molar-refractivity contribution in [2.75, 3.05) is 20.6 Å². The lowest BCUT2D eigenvalue weighted by Gasteiger charge is -2.23. The van der Waals surface area contributed by atoms with Crippen LogP contribution in [-0.4, -0.2) is 45.9 Å². The predicted molar refractivity (Wildman–Crippen MR) is 103 cm³/mol. The number of hydrogen-bond acceptors (Lipinski definition) is 5. The number of hydrogen-bond donors (Lipinski definition) is 2. The molecular weight excluding hydrogens is 370 g/mol. The number of nitrogens with one attached hydrogen (secondary N) is 2. The maximum atomic E-state index is 12.4. The van der Waals surface area contributed by atoms with Crippen molar-refractivity contribution in [2.45, 2.75) is 29.8 Å². The fourth-order valence-electron chi connectivity index (χ4n) is 2.58. The molecule has 0 saturated heterocycles. The van der Waals surface area contributed by atoms with Crippen LogP contribution in [0.1, 0.15) is 34.1 Å². The third kappa shape index (κ3) is 4.70. The van der Waals surface area contributed by atoms with Crippen LogP contribution in [0, 0.1) is 0 Å². The molecule has 1 fully saturated rings. The van der Waals surface area contributed by atoms with E-state index in [1.54, 1.807) is 23.5 Å². The van der Waals surface area contributed by atoms with Gasteiger partial charge in [-0.3, -0.25) is 4.79 Å². The Morgan fingerprint density at radius 2 is 1.92 bits per heavy atom. The van der Waals surface area contributed by atoms with E-state index in [2.05, 4.69) is 14.9 Å². The predicted octanol–water partition coefficient (Wildman–Crippen LogP) is 2.22. The Kier molecular flexibility index (Phi) is 5.76. The van der Waals surface area contributed by atoms with E-state index in [4.69, 9.17) is 0 Å². The van der Waals surface area contributed by atoms with Gasteiger partial charge in [-0.25, -0.2) is 13.1 Å². The quantitative estimate of drug-likeness (QED) is 0.721. The highest BCUT2D eigenvalue weighted by Gasteiger charge is 2.28. The van der Waals surface area contributed by atoms with E-state index in [0.717, 1.165) is 12.8 Å². The number of likely N-dealkylation sites (N-methyl/N-ethyl adjacent to an activating group) is 1. The zero-order valence-electron chi connectivity index (χ0n) is 14.8. The Bertz CT molecular complexity index is 842. The molecule has 0 spiro atoms. The molecule has 1 aromatic carbocycles. The van der Waals surface area contributed by atoms with E-state index < -0.39 is 10.0 Å². The second kappa shape index (κ2) is 7.87. The lowest BCUT2D eigenvalue weighted by atomic mass is 10.2. The number of amides is 1. The molecule has 3 rings (SSSR count).